The molecule has 1 saturated heterocycles. The topological polar surface area (TPSA) is 32.3 Å². The average Bonchev–Trinajstić information content (AvgIpc) is 2.43. The highest BCUT2D eigenvalue weighted by molar-refractivity contribution is 7.98. The summed E-state index contributed by atoms with van der Waals surface area (Å²) in [5.41, 5.74) is 0. The predicted molar refractivity (Wildman–Crippen MR) is 56.8 cm³/mol. The third-order valence-corrected chi connectivity index (χ3v) is 2.99. The first-order chi connectivity index (χ1) is 6.25. The van der Waals surface area contributed by atoms with E-state index >= 15 is 0 Å². The van der Waals surface area contributed by atoms with Crippen LogP contribution in [0.1, 0.15) is 19.8 Å². The summed E-state index contributed by atoms with van der Waals surface area (Å²) in [5, 5.41) is 3.13. The fourth-order valence-electron chi connectivity index (χ4n) is 1.42. The van der Waals surface area contributed by atoms with E-state index in [4.69, 9.17) is 0 Å². The van der Waals surface area contributed by atoms with E-state index < -0.39 is 0 Å². The molecule has 1 atom stereocenters. The zero-order chi connectivity index (χ0) is 9.68. The summed E-state index contributed by atoms with van der Waals surface area (Å²) in [6, 6.07) is 0.0283. The summed E-state index contributed by atoms with van der Waals surface area (Å²) in [6.45, 7) is 3.57. The number of nitrogens with one attached hydrogen (secondary N) is 1. The van der Waals surface area contributed by atoms with E-state index in [0.29, 0.717) is 0 Å². The number of carbonyl (C=O) groups is 1. The number of carbonyl (C=O) groups excluding carboxylic acids is 1. The maximum atomic E-state index is 11.4. The highest BCUT2D eigenvalue weighted by Crippen LogP contribution is 2.06. The van der Waals surface area contributed by atoms with Gasteiger partial charge < -0.3 is 4.90 Å². The molecule has 0 aromatic rings. The summed E-state index contributed by atoms with van der Waals surface area (Å²) in [6.07, 6.45) is 4.45. The number of unbranched alkanes of at least 4 members (excludes halogenated alkanes) is 1. The highest BCUT2D eigenvalue weighted by Gasteiger charge is 2.26. The van der Waals surface area contributed by atoms with E-state index in [-0.39, 0.29) is 11.9 Å². The molecule has 1 unspecified atom stereocenters. The Labute approximate surface area is 84.2 Å². The van der Waals surface area contributed by atoms with Crippen LogP contribution in [-0.2, 0) is 4.79 Å². The lowest BCUT2D eigenvalue weighted by atomic mass is 10.3. The smallest absolute Gasteiger partial charge is 0.240 e. The largest absolute Gasteiger partial charge is 0.329 e. The Morgan fingerprint density at radius 1 is 1.62 bits per heavy atom. The van der Waals surface area contributed by atoms with Gasteiger partial charge >= 0.3 is 0 Å². The van der Waals surface area contributed by atoms with Crippen molar-refractivity contribution >= 4 is 17.7 Å². The lowest BCUT2D eigenvalue weighted by Gasteiger charge is -2.14. The zero-order valence-electron chi connectivity index (χ0n) is 8.38. The summed E-state index contributed by atoms with van der Waals surface area (Å²) in [7, 11) is 0. The van der Waals surface area contributed by atoms with E-state index in [9.17, 15) is 4.79 Å². The normalized spacial score (nSPS) is 22.8. The Bertz CT molecular complexity index is 175. The molecular formula is C9H18N2OS. The number of hydrogen-bond acceptors (Lipinski definition) is 3. The molecule has 1 heterocycles. The molecule has 0 aromatic carbocycles. The van der Waals surface area contributed by atoms with Crippen molar-refractivity contribution < 1.29 is 4.79 Å². The van der Waals surface area contributed by atoms with Crippen LogP contribution >= 0.6 is 11.8 Å². The van der Waals surface area contributed by atoms with Crippen molar-refractivity contribution in [3.63, 3.8) is 0 Å². The van der Waals surface area contributed by atoms with Crippen molar-refractivity contribution in [2.24, 2.45) is 0 Å². The minimum atomic E-state index is 0.0283. The Kier molecular flexibility index (Phi) is 4.59. The van der Waals surface area contributed by atoms with Gasteiger partial charge in [0.1, 0.15) is 0 Å². The van der Waals surface area contributed by atoms with Crippen LogP contribution < -0.4 is 5.32 Å². The number of rotatable bonds is 5. The molecule has 13 heavy (non-hydrogen) atoms. The Morgan fingerprint density at radius 3 is 2.92 bits per heavy atom. The van der Waals surface area contributed by atoms with Gasteiger partial charge in [0, 0.05) is 6.54 Å². The van der Waals surface area contributed by atoms with Crippen LogP contribution in [0.3, 0.4) is 0 Å². The molecule has 1 N–H and O–H groups in total. The zero-order valence-corrected chi connectivity index (χ0v) is 9.19. The van der Waals surface area contributed by atoms with E-state index in [1.807, 2.05) is 23.6 Å². The van der Waals surface area contributed by atoms with Crippen molar-refractivity contribution in [2.75, 3.05) is 25.2 Å². The highest BCUT2D eigenvalue weighted by atomic mass is 32.2. The van der Waals surface area contributed by atoms with Crippen molar-refractivity contribution in [2.45, 2.75) is 25.8 Å². The lowest BCUT2D eigenvalue weighted by Crippen LogP contribution is -2.29. The van der Waals surface area contributed by atoms with E-state index in [1.54, 1.807) is 0 Å². The van der Waals surface area contributed by atoms with Gasteiger partial charge in [-0.3, -0.25) is 10.1 Å². The molecule has 4 heteroatoms. The van der Waals surface area contributed by atoms with E-state index in [0.717, 1.165) is 19.6 Å². The molecular weight excluding hydrogens is 184 g/mol. The summed E-state index contributed by atoms with van der Waals surface area (Å²) in [5.74, 6) is 1.45. The SMILES string of the molecule is CSCCCCN1CNC(C)C1=O. The van der Waals surface area contributed by atoms with E-state index in [1.165, 1.54) is 12.2 Å². The monoisotopic (exact) mass is 202 g/mol. The van der Waals surface area contributed by atoms with Crippen molar-refractivity contribution in [3.05, 3.63) is 0 Å². The second kappa shape index (κ2) is 5.50. The molecule has 3 nitrogen and oxygen atoms in total. The van der Waals surface area contributed by atoms with Crippen LogP contribution in [0.25, 0.3) is 0 Å². The summed E-state index contributed by atoms with van der Waals surface area (Å²) in [4.78, 5) is 13.3. The standard InChI is InChI=1S/C9H18N2OS/c1-8-9(12)11(7-10-8)5-3-4-6-13-2/h8,10H,3-7H2,1-2H3. The second-order valence-corrected chi connectivity index (χ2v) is 4.37. The number of thioether (sulfide) groups is 1. The minimum absolute atomic E-state index is 0.0283. The maximum absolute atomic E-state index is 11.4. The predicted octanol–water partition coefficient (Wildman–Crippen LogP) is 0.907. The third kappa shape index (κ3) is 3.19. The quantitative estimate of drug-likeness (QED) is 0.673. The van der Waals surface area contributed by atoms with Gasteiger partial charge in [-0.2, -0.15) is 11.8 Å². The van der Waals surface area contributed by atoms with Crippen LogP contribution in [-0.4, -0.2) is 42.1 Å². The van der Waals surface area contributed by atoms with Gasteiger partial charge in [0.25, 0.3) is 0 Å². The molecule has 0 saturated carbocycles. The number of amides is 1. The van der Waals surface area contributed by atoms with Gasteiger partial charge in [0.2, 0.25) is 5.91 Å². The Morgan fingerprint density at radius 2 is 2.38 bits per heavy atom. The van der Waals surface area contributed by atoms with Gasteiger partial charge in [-0.05, 0) is 31.8 Å². The lowest BCUT2D eigenvalue weighted by molar-refractivity contribution is -0.128. The molecule has 0 aliphatic carbocycles. The Balaban J connectivity index is 2.12. The maximum Gasteiger partial charge on any atom is 0.240 e. The number of nitrogens with zero attached hydrogens (tertiary/aromatic N) is 1. The first-order valence-electron chi connectivity index (χ1n) is 4.77. The van der Waals surface area contributed by atoms with Crippen LogP contribution in [0, 0.1) is 0 Å². The van der Waals surface area contributed by atoms with E-state index in [2.05, 4.69) is 11.6 Å². The molecule has 1 amide bonds. The minimum Gasteiger partial charge on any atom is -0.329 e. The molecule has 0 aromatic heterocycles. The van der Waals surface area contributed by atoms with Crippen molar-refractivity contribution in [3.8, 4) is 0 Å². The molecule has 1 fully saturated rings. The summed E-state index contributed by atoms with van der Waals surface area (Å²) < 4.78 is 0. The fourth-order valence-corrected chi connectivity index (χ4v) is 1.92. The summed E-state index contributed by atoms with van der Waals surface area (Å²) >= 11 is 1.87. The molecule has 1 aliphatic rings. The third-order valence-electron chi connectivity index (χ3n) is 2.30. The van der Waals surface area contributed by atoms with Gasteiger partial charge in [-0.25, -0.2) is 0 Å². The Hall–Kier alpha value is -0.220. The average molecular weight is 202 g/mol. The van der Waals surface area contributed by atoms with Gasteiger partial charge in [-0.15, -0.1) is 0 Å². The fraction of sp³-hybridized carbons (Fsp3) is 0.889. The molecule has 1 aliphatic heterocycles. The first kappa shape index (κ1) is 10.9. The van der Waals surface area contributed by atoms with Gasteiger partial charge in [-0.1, -0.05) is 0 Å². The molecule has 1 rings (SSSR count). The second-order valence-electron chi connectivity index (χ2n) is 3.39. The van der Waals surface area contributed by atoms with Gasteiger partial charge in [0.15, 0.2) is 0 Å². The van der Waals surface area contributed by atoms with Crippen LogP contribution in [0.5, 0.6) is 0 Å². The molecule has 0 radical (unpaired) electrons. The first-order valence-corrected chi connectivity index (χ1v) is 6.16. The van der Waals surface area contributed by atoms with Crippen molar-refractivity contribution in [1.82, 2.24) is 10.2 Å². The van der Waals surface area contributed by atoms with Crippen LogP contribution in [0.15, 0.2) is 0 Å². The molecule has 76 valence electrons. The molecule has 0 bridgehead atoms. The van der Waals surface area contributed by atoms with Crippen LogP contribution in [0.2, 0.25) is 0 Å². The van der Waals surface area contributed by atoms with Crippen LogP contribution in [0.4, 0.5) is 0 Å². The number of hydrogen-bond donors (Lipinski definition) is 1. The molecule has 0 spiro atoms. The van der Waals surface area contributed by atoms with Crippen molar-refractivity contribution in [1.29, 1.82) is 0 Å². The van der Waals surface area contributed by atoms with Gasteiger partial charge in [0.05, 0.1) is 12.7 Å².